The number of nitrogens with two attached hydrogens (primary N) is 1. The van der Waals surface area contributed by atoms with E-state index in [9.17, 15) is 0 Å². The van der Waals surface area contributed by atoms with Crippen LogP contribution in [0.3, 0.4) is 0 Å². The molecule has 0 atom stereocenters. The number of hydrogen-bond donors (Lipinski definition) is 1. The summed E-state index contributed by atoms with van der Waals surface area (Å²) in [6.07, 6.45) is 2.30. The second kappa shape index (κ2) is 9.09. The maximum Gasteiger partial charge on any atom is 0.0720 e. The maximum atomic E-state index is 5.60. The average Bonchev–Trinajstić information content (AvgIpc) is 2.39. The Labute approximate surface area is 110 Å². The van der Waals surface area contributed by atoms with Gasteiger partial charge in [-0.05, 0) is 30.0 Å². The molecule has 3 heteroatoms. The molecule has 0 saturated carbocycles. The van der Waals surface area contributed by atoms with Gasteiger partial charge in [0, 0.05) is 13.2 Å². The average molecular weight is 251 g/mol. The van der Waals surface area contributed by atoms with Crippen molar-refractivity contribution in [2.24, 2.45) is 5.73 Å². The number of rotatable bonds is 9. The second-order valence-corrected chi connectivity index (χ2v) is 4.48. The highest BCUT2D eigenvalue weighted by Crippen LogP contribution is 2.11. The van der Waals surface area contributed by atoms with Gasteiger partial charge in [-0.1, -0.05) is 31.5 Å². The van der Waals surface area contributed by atoms with Gasteiger partial charge in [-0.3, -0.25) is 0 Å². The minimum atomic E-state index is 0.591. The van der Waals surface area contributed by atoms with Crippen molar-refractivity contribution in [2.45, 2.75) is 39.8 Å². The second-order valence-electron chi connectivity index (χ2n) is 4.48. The summed E-state index contributed by atoms with van der Waals surface area (Å²) in [6.45, 7) is 7.66. The third kappa shape index (κ3) is 5.63. The Morgan fingerprint density at radius 2 is 1.89 bits per heavy atom. The van der Waals surface area contributed by atoms with Crippen LogP contribution in [0.1, 0.15) is 36.5 Å². The molecule has 0 heterocycles. The van der Waals surface area contributed by atoms with Crippen LogP contribution in [0.15, 0.2) is 18.2 Å². The SMILES string of the molecule is CCCCOCCOCc1ccc(CN)cc1C. The maximum absolute atomic E-state index is 5.60. The van der Waals surface area contributed by atoms with Gasteiger partial charge in [0.15, 0.2) is 0 Å². The van der Waals surface area contributed by atoms with Gasteiger partial charge in [0.05, 0.1) is 19.8 Å². The molecule has 0 aliphatic rings. The molecule has 1 rings (SSSR count). The van der Waals surface area contributed by atoms with E-state index in [4.69, 9.17) is 15.2 Å². The lowest BCUT2D eigenvalue weighted by Crippen LogP contribution is -2.06. The molecular formula is C15H25NO2. The molecule has 0 radical (unpaired) electrons. The fourth-order valence-electron chi connectivity index (χ4n) is 1.70. The van der Waals surface area contributed by atoms with E-state index in [-0.39, 0.29) is 0 Å². The molecule has 0 aliphatic heterocycles. The normalized spacial score (nSPS) is 10.8. The van der Waals surface area contributed by atoms with Crippen molar-refractivity contribution in [1.29, 1.82) is 0 Å². The van der Waals surface area contributed by atoms with Crippen molar-refractivity contribution in [3.05, 3.63) is 34.9 Å². The topological polar surface area (TPSA) is 44.5 Å². The van der Waals surface area contributed by atoms with Gasteiger partial charge in [-0.2, -0.15) is 0 Å². The van der Waals surface area contributed by atoms with Crippen LogP contribution < -0.4 is 5.73 Å². The van der Waals surface area contributed by atoms with E-state index in [1.54, 1.807) is 0 Å². The smallest absolute Gasteiger partial charge is 0.0720 e. The first-order valence-corrected chi connectivity index (χ1v) is 6.72. The summed E-state index contributed by atoms with van der Waals surface area (Å²) in [5, 5.41) is 0. The van der Waals surface area contributed by atoms with Crippen LogP contribution in [0.2, 0.25) is 0 Å². The number of aryl methyl sites for hydroxylation is 1. The molecule has 2 N–H and O–H groups in total. The van der Waals surface area contributed by atoms with Crippen molar-refractivity contribution in [2.75, 3.05) is 19.8 Å². The number of benzene rings is 1. The van der Waals surface area contributed by atoms with Crippen molar-refractivity contribution in [3.8, 4) is 0 Å². The zero-order chi connectivity index (χ0) is 13.2. The Morgan fingerprint density at radius 3 is 2.56 bits per heavy atom. The molecule has 0 unspecified atom stereocenters. The van der Waals surface area contributed by atoms with E-state index in [2.05, 4.69) is 32.0 Å². The molecule has 0 spiro atoms. The first kappa shape index (κ1) is 15.2. The zero-order valence-corrected chi connectivity index (χ0v) is 11.6. The van der Waals surface area contributed by atoms with Crippen molar-refractivity contribution < 1.29 is 9.47 Å². The molecule has 1 aromatic rings. The predicted molar refractivity (Wildman–Crippen MR) is 74.5 cm³/mol. The Morgan fingerprint density at radius 1 is 1.11 bits per heavy atom. The molecule has 1 aromatic carbocycles. The van der Waals surface area contributed by atoms with E-state index in [0.717, 1.165) is 13.0 Å². The van der Waals surface area contributed by atoms with E-state index in [0.29, 0.717) is 26.4 Å². The lowest BCUT2D eigenvalue weighted by atomic mass is 10.1. The monoisotopic (exact) mass is 251 g/mol. The molecule has 0 amide bonds. The molecule has 18 heavy (non-hydrogen) atoms. The Kier molecular flexibility index (Phi) is 7.65. The Balaban J connectivity index is 2.19. The van der Waals surface area contributed by atoms with Crippen LogP contribution in [-0.2, 0) is 22.6 Å². The molecule has 0 aliphatic carbocycles. The minimum absolute atomic E-state index is 0.591. The van der Waals surface area contributed by atoms with Gasteiger partial charge in [-0.25, -0.2) is 0 Å². The Bertz CT molecular complexity index is 339. The van der Waals surface area contributed by atoms with Crippen LogP contribution in [0.4, 0.5) is 0 Å². The van der Waals surface area contributed by atoms with Crippen molar-refractivity contribution in [1.82, 2.24) is 0 Å². The number of hydrogen-bond acceptors (Lipinski definition) is 3. The van der Waals surface area contributed by atoms with Crippen LogP contribution in [-0.4, -0.2) is 19.8 Å². The summed E-state index contributed by atoms with van der Waals surface area (Å²) < 4.78 is 11.0. The zero-order valence-electron chi connectivity index (χ0n) is 11.6. The number of unbranched alkanes of at least 4 members (excludes halogenated alkanes) is 1. The van der Waals surface area contributed by atoms with E-state index in [1.165, 1.54) is 23.1 Å². The van der Waals surface area contributed by atoms with E-state index in [1.807, 2.05) is 0 Å². The lowest BCUT2D eigenvalue weighted by Gasteiger charge is -2.09. The molecule has 0 bridgehead atoms. The molecular weight excluding hydrogens is 226 g/mol. The first-order chi connectivity index (χ1) is 8.77. The lowest BCUT2D eigenvalue weighted by molar-refractivity contribution is 0.0395. The Hall–Kier alpha value is -0.900. The van der Waals surface area contributed by atoms with Gasteiger partial charge in [0.25, 0.3) is 0 Å². The summed E-state index contributed by atoms with van der Waals surface area (Å²) in [6, 6.07) is 6.27. The summed E-state index contributed by atoms with van der Waals surface area (Å²) in [7, 11) is 0. The molecule has 0 aromatic heterocycles. The van der Waals surface area contributed by atoms with E-state index < -0.39 is 0 Å². The van der Waals surface area contributed by atoms with Crippen LogP contribution >= 0.6 is 0 Å². The highest BCUT2D eigenvalue weighted by Gasteiger charge is 2.00. The van der Waals surface area contributed by atoms with Crippen LogP contribution in [0.25, 0.3) is 0 Å². The molecule has 0 fully saturated rings. The largest absolute Gasteiger partial charge is 0.379 e. The summed E-state index contributed by atoms with van der Waals surface area (Å²) >= 11 is 0. The molecule has 102 valence electrons. The van der Waals surface area contributed by atoms with Crippen LogP contribution in [0.5, 0.6) is 0 Å². The summed E-state index contributed by atoms with van der Waals surface area (Å²) in [5.74, 6) is 0. The quantitative estimate of drug-likeness (QED) is 0.686. The fraction of sp³-hybridized carbons (Fsp3) is 0.600. The highest BCUT2D eigenvalue weighted by atomic mass is 16.5. The van der Waals surface area contributed by atoms with Crippen molar-refractivity contribution >= 4 is 0 Å². The summed E-state index contributed by atoms with van der Waals surface area (Å²) in [4.78, 5) is 0. The van der Waals surface area contributed by atoms with Gasteiger partial charge in [0.1, 0.15) is 0 Å². The number of ether oxygens (including phenoxy) is 2. The minimum Gasteiger partial charge on any atom is -0.379 e. The van der Waals surface area contributed by atoms with Gasteiger partial charge in [0.2, 0.25) is 0 Å². The molecule has 3 nitrogen and oxygen atoms in total. The standard InChI is InChI=1S/C15H25NO2/c1-3-4-7-17-8-9-18-12-15-6-5-14(11-16)10-13(15)2/h5-6,10H,3-4,7-9,11-12,16H2,1-2H3. The van der Waals surface area contributed by atoms with Gasteiger partial charge < -0.3 is 15.2 Å². The van der Waals surface area contributed by atoms with Gasteiger partial charge >= 0.3 is 0 Å². The highest BCUT2D eigenvalue weighted by molar-refractivity contribution is 5.30. The summed E-state index contributed by atoms with van der Waals surface area (Å²) in [5.41, 5.74) is 9.23. The predicted octanol–water partition coefficient (Wildman–Crippen LogP) is 2.79. The third-order valence-corrected chi connectivity index (χ3v) is 2.91. The van der Waals surface area contributed by atoms with Crippen LogP contribution in [0, 0.1) is 6.92 Å². The van der Waals surface area contributed by atoms with Gasteiger partial charge in [-0.15, -0.1) is 0 Å². The van der Waals surface area contributed by atoms with Crippen molar-refractivity contribution in [3.63, 3.8) is 0 Å². The fourth-order valence-corrected chi connectivity index (χ4v) is 1.70. The third-order valence-electron chi connectivity index (χ3n) is 2.91. The first-order valence-electron chi connectivity index (χ1n) is 6.72. The van der Waals surface area contributed by atoms with E-state index >= 15 is 0 Å². The molecule has 0 saturated heterocycles.